The summed E-state index contributed by atoms with van der Waals surface area (Å²) in [5.74, 6) is -1.75. The molecule has 0 aromatic heterocycles. The second-order valence-electron chi connectivity index (χ2n) is 6.38. The van der Waals surface area contributed by atoms with Crippen molar-refractivity contribution in [1.29, 1.82) is 0 Å². The number of anilines is 2. The van der Waals surface area contributed by atoms with E-state index in [0.717, 1.165) is 16.8 Å². The molecule has 2 aromatic rings. The summed E-state index contributed by atoms with van der Waals surface area (Å²) in [6, 6.07) is 15.3. The van der Waals surface area contributed by atoms with E-state index in [1.54, 1.807) is 6.92 Å². The fourth-order valence-corrected chi connectivity index (χ4v) is 2.62. The van der Waals surface area contributed by atoms with Crippen molar-refractivity contribution in [2.24, 2.45) is 5.92 Å². The van der Waals surface area contributed by atoms with Crippen LogP contribution in [0.3, 0.4) is 0 Å². The maximum atomic E-state index is 12.8. The molecule has 0 radical (unpaired) electrons. The first-order valence-electron chi connectivity index (χ1n) is 8.71. The number of ether oxygens (including phenoxy) is 1. The molecular formula is C21H26N2O3. The Morgan fingerprint density at radius 1 is 1.12 bits per heavy atom. The van der Waals surface area contributed by atoms with Crippen molar-refractivity contribution in [2.45, 2.75) is 20.3 Å². The van der Waals surface area contributed by atoms with Gasteiger partial charge >= 0.3 is 5.97 Å². The number of hydrogen-bond acceptors (Lipinski definition) is 4. The molecule has 0 saturated heterocycles. The first kappa shape index (κ1) is 19.5. The lowest BCUT2D eigenvalue weighted by Crippen LogP contribution is -2.33. The molecule has 0 fully saturated rings. The third kappa shape index (κ3) is 5.09. The second-order valence-corrected chi connectivity index (χ2v) is 6.38. The van der Waals surface area contributed by atoms with Crippen molar-refractivity contribution in [3.63, 3.8) is 0 Å². The molecule has 0 bridgehead atoms. The number of esters is 1. The van der Waals surface area contributed by atoms with Crippen LogP contribution < -0.4 is 10.2 Å². The maximum absolute atomic E-state index is 12.8. The largest absolute Gasteiger partial charge is 0.465 e. The zero-order valence-corrected chi connectivity index (χ0v) is 15.8. The molecule has 0 unspecified atom stereocenters. The number of amides is 1. The standard InChI is InChI=1S/C21H26N2O3/c1-5-26-21(25)18(13-16-9-7-6-8-10-16)20(24)22-19-14-17(23(3)4)12-11-15(19)2/h6-12,14,18H,5,13H2,1-4H3,(H,22,24)/t18-/m1/s1. The van der Waals surface area contributed by atoms with Crippen molar-refractivity contribution in [1.82, 2.24) is 0 Å². The summed E-state index contributed by atoms with van der Waals surface area (Å²) >= 11 is 0. The van der Waals surface area contributed by atoms with Crippen LogP contribution in [0.25, 0.3) is 0 Å². The van der Waals surface area contributed by atoms with Crippen LogP contribution in [0.4, 0.5) is 11.4 Å². The molecule has 0 saturated carbocycles. The van der Waals surface area contributed by atoms with Gasteiger partial charge in [-0.25, -0.2) is 0 Å². The van der Waals surface area contributed by atoms with E-state index in [1.807, 2.05) is 74.4 Å². The molecule has 5 nitrogen and oxygen atoms in total. The number of benzene rings is 2. The Morgan fingerprint density at radius 3 is 2.42 bits per heavy atom. The predicted octanol–water partition coefficient (Wildman–Crippen LogP) is 3.42. The Balaban J connectivity index is 2.23. The van der Waals surface area contributed by atoms with Crippen LogP contribution in [0.15, 0.2) is 48.5 Å². The highest BCUT2D eigenvalue weighted by atomic mass is 16.5. The van der Waals surface area contributed by atoms with E-state index in [4.69, 9.17) is 4.74 Å². The van der Waals surface area contributed by atoms with Crippen LogP contribution in [0.1, 0.15) is 18.1 Å². The van der Waals surface area contributed by atoms with Crippen LogP contribution in [0, 0.1) is 12.8 Å². The zero-order valence-electron chi connectivity index (χ0n) is 15.8. The lowest BCUT2D eigenvalue weighted by molar-refractivity contribution is -0.150. The van der Waals surface area contributed by atoms with E-state index in [-0.39, 0.29) is 12.5 Å². The van der Waals surface area contributed by atoms with Gasteiger partial charge in [-0.2, -0.15) is 0 Å². The molecule has 26 heavy (non-hydrogen) atoms. The van der Waals surface area contributed by atoms with Gasteiger partial charge < -0.3 is 15.0 Å². The van der Waals surface area contributed by atoms with Crippen LogP contribution in [0.2, 0.25) is 0 Å². The molecule has 5 heteroatoms. The fourth-order valence-electron chi connectivity index (χ4n) is 2.62. The highest BCUT2D eigenvalue weighted by molar-refractivity contribution is 6.05. The van der Waals surface area contributed by atoms with Crippen molar-refractivity contribution >= 4 is 23.3 Å². The van der Waals surface area contributed by atoms with E-state index in [0.29, 0.717) is 12.1 Å². The van der Waals surface area contributed by atoms with E-state index >= 15 is 0 Å². The Labute approximate surface area is 155 Å². The molecule has 0 spiro atoms. The number of hydrogen-bond donors (Lipinski definition) is 1. The summed E-state index contributed by atoms with van der Waals surface area (Å²) in [7, 11) is 3.88. The number of carbonyl (C=O) groups excluding carboxylic acids is 2. The van der Waals surface area contributed by atoms with Crippen LogP contribution in [-0.2, 0) is 20.7 Å². The zero-order chi connectivity index (χ0) is 19.1. The molecule has 0 heterocycles. The summed E-state index contributed by atoms with van der Waals surface area (Å²) < 4.78 is 5.12. The highest BCUT2D eigenvalue weighted by Gasteiger charge is 2.28. The number of rotatable bonds is 7. The van der Waals surface area contributed by atoms with Gasteiger partial charge in [-0.15, -0.1) is 0 Å². The monoisotopic (exact) mass is 354 g/mol. The van der Waals surface area contributed by atoms with E-state index in [2.05, 4.69) is 5.32 Å². The average molecular weight is 354 g/mol. The minimum Gasteiger partial charge on any atom is -0.465 e. The maximum Gasteiger partial charge on any atom is 0.318 e. The Hall–Kier alpha value is -2.82. The van der Waals surface area contributed by atoms with Crippen molar-refractivity contribution in [3.05, 3.63) is 59.7 Å². The van der Waals surface area contributed by atoms with Crippen LogP contribution >= 0.6 is 0 Å². The molecular weight excluding hydrogens is 328 g/mol. The number of nitrogens with zero attached hydrogens (tertiary/aromatic N) is 1. The number of nitrogens with one attached hydrogen (secondary N) is 1. The summed E-state index contributed by atoms with van der Waals surface area (Å²) in [4.78, 5) is 27.1. The van der Waals surface area contributed by atoms with E-state index in [9.17, 15) is 9.59 Å². The fraction of sp³-hybridized carbons (Fsp3) is 0.333. The van der Waals surface area contributed by atoms with Gasteiger partial charge in [0.1, 0.15) is 5.92 Å². The molecule has 2 rings (SSSR count). The molecule has 1 N–H and O–H groups in total. The summed E-state index contributed by atoms with van der Waals surface area (Å²) in [6.07, 6.45) is 0.303. The van der Waals surface area contributed by atoms with Crippen molar-refractivity contribution < 1.29 is 14.3 Å². The molecule has 0 aliphatic carbocycles. The normalized spacial score (nSPS) is 11.5. The molecule has 0 aliphatic rings. The van der Waals surface area contributed by atoms with Gasteiger partial charge in [0.25, 0.3) is 0 Å². The van der Waals surface area contributed by atoms with Gasteiger partial charge in [0.15, 0.2) is 0 Å². The lowest BCUT2D eigenvalue weighted by Gasteiger charge is -2.19. The van der Waals surface area contributed by atoms with E-state index < -0.39 is 11.9 Å². The second kappa shape index (κ2) is 9.04. The topological polar surface area (TPSA) is 58.6 Å². The summed E-state index contributed by atoms with van der Waals surface area (Å²) in [5.41, 5.74) is 3.52. The van der Waals surface area contributed by atoms with Crippen molar-refractivity contribution in [2.75, 3.05) is 30.9 Å². The Morgan fingerprint density at radius 2 is 1.81 bits per heavy atom. The van der Waals surface area contributed by atoms with E-state index in [1.165, 1.54) is 0 Å². The first-order valence-corrected chi connectivity index (χ1v) is 8.71. The quantitative estimate of drug-likeness (QED) is 0.611. The van der Waals surface area contributed by atoms with Crippen LogP contribution in [0.5, 0.6) is 0 Å². The minimum absolute atomic E-state index is 0.243. The molecule has 138 valence electrons. The SMILES string of the molecule is CCOC(=O)[C@H](Cc1ccccc1)C(=O)Nc1cc(N(C)C)ccc1C. The van der Waals surface area contributed by atoms with Gasteiger partial charge in [-0.3, -0.25) is 9.59 Å². The third-order valence-corrected chi connectivity index (χ3v) is 4.17. The lowest BCUT2D eigenvalue weighted by atomic mass is 9.98. The number of carbonyl (C=O) groups is 2. The number of aryl methyl sites for hydroxylation is 1. The Bertz CT molecular complexity index is 757. The molecule has 1 amide bonds. The molecule has 2 aromatic carbocycles. The average Bonchev–Trinajstić information content (AvgIpc) is 2.62. The molecule has 1 atom stereocenters. The molecule has 0 aliphatic heterocycles. The smallest absolute Gasteiger partial charge is 0.318 e. The van der Waals surface area contributed by atoms with Gasteiger partial charge in [-0.05, 0) is 43.5 Å². The first-order chi connectivity index (χ1) is 12.4. The van der Waals surface area contributed by atoms with Gasteiger partial charge in [0.05, 0.1) is 6.61 Å². The predicted molar refractivity (Wildman–Crippen MR) is 104 cm³/mol. The van der Waals surface area contributed by atoms with Crippen molar-refractivity contribution in [3.8, 4) is 0 Å². The summed E-state index contributed by atoms with van der Waals surface area (Å²) in [6.45, 7) is 3.90. The minimum atomic E-state index is -0.889. The van der Waals surface area contributed by atoms with Crippen LogP contribution in [-0.4, -0.2) is 32.6 Å². The Kier molecular flexibility index (Phi) is 6.78. The summed E-state index contributed by atoms with van der Waals surface area (Å²) in [5, 5.41) is 2.90. The van der Waals surface area contributed by atoms with Gasteiger partial charge in [-0.1, -0.05) is 36.4 Å². The van der Waals surface area contributed by atoms with Gasteiger partial charge in [0.2, 0.25) is 5.91 Å². The van der Waals surface area contributed by atoms with Gasteiger partial charge in [0, 0.05) is 25.5 Å². The highest BCUT2D eigenvalue weighted by Crippen LogP contribution is 2.23. The third-order valence-electron chi connectivity index (χ3n) is 4.17.